The van der Waals surface area contributed by atoms with E-state index in [9.17, 15) is 14.4 Å². The lowest BCUT2D eigenvalue weighted by Crippen LogP contribution is -2.45. The average Bonchev–Trinajstić information content (AvgIpc) is 3.10. The number of hydrogen-bond donors (Lipinski definition) is 1. The highest BCUT2D eigenvalue weighted by atomic mass is 16.5. The number of hydrogen-bond acceptors (Lipinski definition) is 7. The van der Waals surface area contributed by atoms with Gasteiger partial charge in [-0.05, 0) is 19.1 Å². The molecule has 126 valence electrons. The molecule has 0 radical (unpaired) electrons. The van der Waals surface area contributed by atoms with Gasteiger partial charge in [-0.2, -0.15) is 5.10 Å². The van der Waals surface area contributed by atoms with Crippen LogP contribution in [0.3, 0.4) is 0 Å². The fraction of sp³-hybridized carbons (Fsp3) is 0.375. The Morgan fingerprint density at radius 3 is 2.92 bits per heavy atom. The zero-order valence-electron chi connectivity index (χ0n) is 13.4. The largest absolute Gasteiger partial charge is 0.497 e. The summed E-state index contributed by atoms with van der Waals surface area (Å²) in [5.74, 6) is -1.04. The van der Waals surface area contributed by atoms with Gasteiger partial charge in [0.25, 0.3) is 0 Å². The third-order valence-electron chi connectivity index (χ3n) is 4.12. The molecule has 0 saturated carbocycles. The highest BCUT2D eigenvalue weighted by molar-refractivity contribution is 6.47. The van der Waals surface area contributed by atoms with Crippen molar-refractivity contribution < 1.29 is 23.9 Å². The molecule has 2 heterocycles. The van der Waals surface area contributed by atoms with Crippen LogP contribution >= 0.6 is 0 Å². The molecule has 0 bridgehead atoms. The molecule has 2 aliphatic rings. The lowest BCUT2D eigenvalue weighted by molar-refractivity contribution is -0.136. The number of benzene rings is 1. The molecule has 2 amide bonds. The molecule has 1 unspecified atom stereocenters. The second-order valence-corrected chi connectivity index (χ2v) is 5.51. The van der Waals surface area contributed by atoms with Crippen molar-refractivity contribution in [3.05, 3.63) is 24.3 Å². The molecule has 24 heavy (non-hydrogen) atoms. The predicted molar refractivity (Wildman–Crippen MR) is 84.6 cm³/mol. The number of esters is 1. The van der Waals surface area contributed by atoms with Gasteiger partial charge in [-0.1, -0.05) is 6.07 Å². The number of amides is 2. The van der Waals surface area contributed by atoms with Gasteiger partial charge >= 0.3 is 5.97 Å². The average molecular weight is 331 g/mol. The predicted octanol–water partition coefficient (Wildman–Crippen LogP) is 0.467. The smallest absolute Gasteiger partial charge is 0.355 e. The van der Waals surface area contributed by atoms with Gasteiger partial charge in [0.15, 0.2) is 5.71 Å². The van der Waals surface area contributed by atoms with E-state index in [1.54, 1.807) is 31.2 Å². The molecule has 0 aromatic heterocycles. The number of imide groups is 1. The molecule has 1 atom stereocenters. The molecule has 1 saturated heterocycles. The highest BCUT2D eigenvalue weighted by Crippen LogP contribution is 2.39. The van der Waals surface area contributed by atoms with E-state index in [1.165, 1.54) is 7.11 Å². The van der Waals surface area contributed by atoms with Crippen molar-refractivity contribution in [1.29, 1.82) is 0 Å². The molecule has 1 fully saturated rings. The van der Waals surface area contributed by atoms with Crippen LogP contribution < -0.4 is 15.1 Å². The first-order chi connectivity index (χ1) is 11.5. The van der Waals surface area contributed by atoms with Crippen LogP contribution in [0.5, 0.6) is 5.75 Å². The molecule has 2 aliphatic heterocycles. The number of carbonyl (C=O) groups is 3. The maximum atomic E-state index is 13.0. The first-order valence-corrected chi connectivity index (χ1v) is 7.53. The van der Waals surface area contributed by atoms with Gasteiger partial charge in [0.2, 0.25) is 11.8 Å². The number of ether oxygens (including phenoxy) is 2. The van der Waals surface area contributed by atoms with Gasteiger partial charge in [-0.25, -0.2) is 9.69 Å². The monoisotopic (exact) mass is 331 g/mol. The van der Waals surface area contributed by atoms with Gasteiger partial charge in [0.1, 0.15) is 11.2 Å². The third-order valence-corrected chi connectivity index (χ3v) is 4.12. The molecule has 1 spiro atoms. The summed E-state index contributed by atoms with van der Waals surface area (Å²) in [5, 5.41) is 3.90. The number of nitrogens with one attached hydrogen (secondary N) is 1. The molecular weight excluding hydrogens is 314 g/mol. The summed E-state index contributed by atoms with van der Waals surface area (Å²) in [6.07, 6.45) is -0.131. The summed E-state index contributed by atoms with van der Waals surface area (Å²) in [6.45, 7) is 1.92. The van der Waals surface area contributed by atoms with Gasteiger partial charge in [-0.3, -0.25) is 9.59 Å². The van der Waals surface area contributed by atoms with E-state index in [0.29, 0.717) is 11.4 Å². The van der Waals surface area contributed by atoms with Crippen molar-refractivity contribution in [2.24, 2.45) is 10.5 Å². The number of carbonyl (C=O) groups excluding carboxylic acids is 3. The van der Waals surface area contributed by atoms with Crippen molar-refractivity contribution in [2.75, 3.05) is 25.2 Å². The van der Waals surface area contributed by atoms with E-state index >= 15 is 0 Å². The second kappa shape index (κ2) is 5.95. The van der Waals surface area contributed by atoms with Crippen LogP contribution in [0.15, 0.2) is 29.4 Å². The van der Waals surface area contributed by atoms with Gasteiger partial charge in [0, 0.05) is 12.5 Å². The Bertz CT molecular complexity index is 745. The maximum absolute atomic E-state index is 13.0. The van der Waals surface area contributed by atoms with E-state index in [-0.39, 0.29) is 25.3 Å². The van der Waals surface area contributed by atoms with Crippen LogP contribution in [-0.2, 0) is 19.1 Å². The number of methoxy groups -OCH3 is 1. The van der Waals surface area contributed by atoms with E-state index in [2.05, 4.69) is 10.5 Å². The zero-order valence-corrected chi connectivity index (χ0v) is 13.4. The van der Waals surface area contributed by atoms with Crippen molar-refractivity contribution in [3.63, 3.8) is 0 Å². The minimum Gasteiger partial charge on any atom is -0.497 e. The summed E-state index contributed by atoms with van der Waals surface area (Å²) in [6, 6.07) is 6.64. The van der Waals surface area contributed by atoms with Gasteiger partial charge in [-0.15, -0.1) is 0 Å². The van der Waals surface area contributed by atoms with Crippen LogP contribution in [0.25, 0.3) is 0 Å². The molecular formula is C16H17N3O5. The zero-order chi connectivity index (χ0) is 17.3. The van der Waals surface area contributed by atoms with Crippen molar-refractivity contribution in [3.8, 4) is 5.75 Å². The number of nitrogens with zero attached hydrogens (tertiary/aromatic N) is 2. The van der Waals surface area contributed by atoms with E-state index in [1.807, 2.05) is 0 Å². The van der Waals surface area contributed by atoms with Crippen LogP contribution in [0.4, 0.5) is 5.69 Å². The molecule has 1 aromatic rings. The maximum Gasteiger partial charge on any atom is 0.355 e. The Balaban J connectivity index is 1.97. The van der Waals surface area contributed by atoms with Crippen LogP contribution in [0.1, 0.15) is 13.3 Å². The third kappa shape index (κ3) is 2.31. The standard InChI is InChI=1S/C16H17N3O5/c1-3-24-14(21)13-16(9-17-18-13)8-12(20)19(15(16)22)10-5-4-6-11(7-10)23-2/h4-7,17H,3,8-9H2,1-2H3. The minimum atomic E-state index is -1.31. The topological polar surface area (TPSA) is 97.3 Å². The quantitative estimate of drug-likeness (QED) is 0.636. The number of hydrazone groups is 1. The minimum absolute atomic E-state index is 0.0481. The Labute approximate surface area is 138 Å². The van der Waals surface area contributed by atoms with E-state index < -0.39 is 23.2 Å². The normalized spacial score (nSPS) is 22.6. The summed E-state index contributed by atoms with van der Waals surface area (Å²) in [7, 11) is 1.50. The molecule has 0 aliphatic carbocycles. The van der Waals surface area contributed by atoms with Gasteiger partial charge in [0.05, 0.1) is 25.9 Å². The fourth-order valence-corrected chi connectivity index (χ4v) is 2.96. The van der Waals surface area contributed by atoms with Crippen molar-refractivity contribution >= 4 is 29.2 Å². The van der Waals surface area contributed by atoms with E-state index in [0.717, 1.165) is 4.90 Å². The van der Waals surface area contributed by atoms with Crippen molar-refractivity contribution in [2.45, 2.75) is 13.3 Å². The Hall–Kier alpha value is -2.90. The summed E-state index contributed by atoms with van der Waals surface area (Å²) >= 11 is 0. The van der Waals surface area contributed by atoms with Gasteiger partial charge < -0.3 is 14.9 Å². The fourth-order valence-electron chi connectivity index (χ4n) is 2.96. The van der Waals surface area contributed by atoms with Crippen molar-refractivity contribution in [1.82, 2.24) is 5.43 Å². The molecule has 1 N–H and O–H groups in total. The second-order valence-electron chi connectivity index (χ2n) is 5.51. The lowest BCUT2D eigenvalue weighted by atomic mass is 9.81. The molecule has 8 nitrogen and oxygen atoms in total. The Morgan fingerprint density at radius 1 is 1.42 bits per heavy atom. The SMILES string of the molecule is CCOC(=O)C1=NNCC12CC(=O)N(c1cccc(OC)c1)C2=O. The Morgan fingerprint density at radius 2 is 2.21 bits per heavy atom. The first kappa shape index (κ1) is 16.0. The van der Waals surface area contributed by atoms with Crippen LogP contribution in [-0.4, -0.2) is 43.8 Å². The Kier molecular flexibility index (Phi) is 3.96. The van der Waals surface area contributed by atoms with Crippen LogP contribution in [0.2, 0.25) is 0 Å². The van der Waals surface area contributed by atoms with E-state index in [4.69, 9.17) is 9.47 Å². The molecule has 8 heteroatoms. The highest BCUT2D eigenvalue weighted by Gasteiger charge is 2.59. The van der Waals surface area contributed by atoms with Crippen LogP contribution in [0, 0.1) is 5.41 Å². The number of rotatable bonds is 4. The molecule has 3 rings (SSSR count). The summed E-state index contributed by atoms with van der Waals surface area (Å²) in [5.41, 5.74) is 1.69. The number of anilines is 1. The lowest BCUT2D eigenvalue weighted by Gasteiger charge is -2.21. The summed E-state index contributed by atoms with van der Waals surface area (Å²) in [4.78, 5) is 38.7. The first-order valence-electron chi connectivity index (χ1n) is 7.53. The molecule has 1 aromatic carbocycles. The summed E-state index contributed by atoms with van der Waals surface area (Å²) < 4.78 is 10.1.